The van der Waals surface area contributed by atoms with Gasteiger partial charge in [-0.3, -0.25) is 9.59 Å². The van der Waals surface area contributed by atoms with E-state index in [1.165, 1.54) is 0 Å². The van der Waals surface area contributed by atoms with E-state index in [-0.39, 0.29) is 23.8 Å². The molecule has 7 heteroatoms. The van der Waals surface area contributed by atoms with Crippen LogP contribution in [-0.4, -0.2) is 45.4 Å². The molecule has 0 bridgehead atoms. The van der Waals surface area contributed by atoms with Crippen molar-refractivity contribution in [2.45, 2.75) is 32.4 Å². The zero-order valence-corrected chi connectivity index (χ0v) is 15.5. The van der Waals surface area contributed by atoms with Crippen LogP contribution >= 0.6 is 11.6 Å². The quantitative estimate of drug-likeness (QED) is 0.874. The molecule has 6 nitrogen and oxygen atoms in total. The minimum atomic E-state index is -0.0468. The molecule has 2 heterocycles. The fraction of sp³-hybridized carbons (Fsp3) is 0.421. The third-order valence-corrected chi connectivity index (χ3v) is 4.93. The first-order chi connectivity index (χ1) is 12.5. The summed E-state index contributed by atoms with van der Waals surface area (Å²) in [5.74, 6) is 0.0136. The van der Waals surface area contributed by atoms with E-state index in [1.54, 1.807) is 36.8 Å². The lowest BCUT2D eigenvalue weighted by molar-refractivity contribution is -0.127. The summed E-state index contributed by atoms with van der Waals surface area (Å²) in [5.41, 5.74) is 0.631. The number of hydrogen-bond donors (Lipinski definition) is 1. The van der Waals surface area contributed by atoms with E-state index in [1.807, 2.05) is 22.6 Å². The number of nitrogens with one attached hydrogen (secondary N) is 1. The van der Waals surface area contributed by atoms with Gasteiger partial charge in [-0.2, -0.15) is 0 Å². The Morgan fingerprint density at radius 3 is 2.58 bits per heavy atom. The number of benzene rings is 1. The Bertz CT molecular complexity index is 737. The van der Waals surface area contributed by atoms with E-state index in [9.17, 15) is 9.59 Å². The highest BCUT2D eigenvalue weighted by Crippen LogP contribution is 2.20. The standard InChI is InChI=1S/C19H23ClN4O2/c1-14(12-23-11-8-21-13-23)22-18(25)15-6-9-24(10-7-15)19(26)16-2-4-17(20)5-3-16/h2-5,8,11,13-15H,6-7,9-10,12H2,1H3,(H,22,25). The number of carbonyl (C=O) groups excluding carboxylic acids is 2. The molecule has 1 atom stereocenters. The molecule has 0 spiro atoms. The average Bonchev–Trinajstić information content (AvgIpc) is 3.14. The Hall–Kier alpha value is -2.34. The van der Waals surface area contributed by atoms with Gasteiger partial charge in [0.25, 0.3) is 5.91 Å². The molecular formula is C19H23ClN4O2. The van der Waals surface area contributed by atoms with Crippen LogP contribution in [0.5, 0.6) is 0 Å². The highest BCUT2D eigenvalue weighted by molar-refractivity contribution is 6.30. The Labute approximate surface area is 158 Å². The summed E-state index contributed by atoms with van der Waals surface area (Å²) in [6, 6.07) is 6.95. The molecule has 1 aromatic carbocycles. The molecule has 1 aromatic heterocycles. The lowest BCUT2D eigenvalue weighted by atomic mass is 9.95. The van der Waals surface area contributed by atoms with Crippen molar-refractivity contribution in [2.24, 2.45) is 5.92 Å². The molecule has 3 rings (SSSR count). The average molecular weight is 375 g/mol. The van der Waals surface area contributed by atoms with Crippen LogP contribution in [0.4, 0.5) is 0 Å². The zero-order valence-electron chi connectivity index (χ0n) is 14.8. The zero-order chi connectivity index (χ0) is 18.5. The second kappa shape index (κ2) is 8.36. The van der Waals surface area contributed by atoms with Crippen molar-refractivity contribution in [3.63, 3.8) is 0 Å². The summed E-state index contributed by atoms with van der Waals surface area (Å²) < 4.78 is 1.94. The summed E-state index contributed by atoms with van der Waals surface area (Å²) in [7, 11) is 0. The highest BCUT2D eigenvalue weighted by Gasteiger charge is 2.28. The van der Waals surface area contributed by atoms with Gasteiger partial charge in [0.2, 0.25) is 5.91 Å². The SMILES string of the molecule is CC(Cn1ccnc1)NC(=O)C1CCN(C(=O)c2ccc(Cl)cc2)CC1. The number of likely N-dealkylation sites (tertiary alicyclic amines) is 1. The van der Waals surface area contributed by atoms with Gasteiger partial charge >= 0.3 is 0 Å². The Morgan fingerprint density at radius 1 is 1.27 bits per heavy atom. The van der Waals surface area contributed by atoms with Crippen molar-refractivity contribution in [3.05, 3.63) is 53.6 Å². The first-order valence-electron chi connectivity index (χ1n) is 8.84. The number of imidazole rings is 1. The second-order valence-electron chi connectivity index (χ2n) is 6.74. The fourth-order valence-electron chi connectivity index (χ4n) is 3.24. The molecule has 1 unspecified atom stereocenters. The summed E-state index contributed by atoms with van der Waals surface area (Å²) in [6.45, 7) is 3.86. The smallest absolute Gasteiger partial charge is 0.253 e. The number of carbonyl (C=O) groups is 2. The molecular weight excluding hydrogens is 352 g/mol. The van der Waals surface area contributed by atoms with Crippen LogP contribution in [-0.2, 0) is 11.3 Å². The molecule has 1 saturated heterocycles. The number of amides is 2. The van der Waals surface area contributed by atoms with Crippen LogP contribution in [0.2, 0.25) is 5.02 Å². The van der Waals surface area contributed by atoms with E-state index >= 15 is 0 Å². The first-order valence-corrected chi connectivity index (χ1v) is 9.21. The Kier molecular flexibility index (Phi) is 5.93. The molecule has 1 fully saturated rings. The lowest BCUT2D eigenvalue weighted by Crippen LogP contribution is -2.45. The van der Waals surface area contributed by atoms with Crippen LogP contribution in [0.3, 0.4) is 0 Å². The first kappa shape index (κ1) is 18.5. The molecule has 2 aromatic rings. The van der Waals surface area contributed by atoms with Crippen molar-refractivity contribution in [1.29, 1.82) is 0 Å². The maximum Gasteiger partial charge on any atom is 0.253 e. The molecule has 26 heavy (non-hydrogen) atoms. The van der Waals surface area contributed by atoms with Gasteiger partial charge in [0.05, 0.1) is 6.33 Å². The lowest BCUT2D eigenvalue weighted by Gasteiger charge is -2.32. The normalized spacial score (nSPS) is 16.3. The fourth-order valence-corrected chi connectivity index (χ4v) is 3.36. The number of piperidine rings is 1. The van der Waals surface area contributed by atoms with Gasteiger partial charge < -0.3 is 14.8 Å². The summed E-state index contributed by atoms with van der Waals surface area (Å²) in [4.78, 5) is 30.8. The van der Waals surface area contributed by atoms with Crippen LogP contribution in [0.1, 0.15) is 30.1 Å². The number of halogens is 1. The van der Waals surface area contributed by atoms with Gasteiger partial charge in [0.15, 0.2) is 0 Å². The van der Waals surface area contributed by atoms with Crippen LogP contribution in [0.25, 0.3) is 0 Å². The molecule has 0 aliphatic carbocycles. The van der Waals surface area contributed by atoms with Gasteiger partial charge in [-0.05, 0) is 44.0 Å². The predicted octanol–water partition coefficient (Wildman–Crippen LogP) is 2.59. The van der Waals surface area contributed by atoms with Crippen molar-refractivity contribution in [1.82, 2.24) is 19.8 Å². The van der Waals surface area contributed by atoms with E-state index in [0.29, 0.717) is 43.1 Å². The molecule has 2 amide bonds. The van der Waals surface area contributed by atoms with Gasteiger partial charge in [-0.25, -0.2) is 4.98 Å². The van der Waals surface area contributed by atoms with Crippen molar-refractivity contribution in [2.75, 3.05) is 13.1 Å². The molecule has 0 saturated carbocycles. The van der Waals surface area contributed by atoms with Crippen LogP contribution < -0.4 is 5.32 Å². The maximum atomic E-state index is 12.5. The van der Waals surface area contributed by atoms with Crippen LogP contribution in [0, 0.1) is 5.92 Å². The third-order valence-electron chi connectivity index (χ3n) is 4.68. The minimum absolute atomic E-state index is 0.00555. The predicted molar refractivity (Wildman–Crippen MR) is 99.9 cm³/mol. The molecule has 1 aliphatic heterocycles. The maximum absolute atomic E-state index is 12.5. The number of nitrogens with zero attached hydrogens (tertiary/aromatic N) is 3. The monoisotopic (exact) mass is 374 g/mol. The molecule has 1 aliphatic rings. The van der Waals surface area contributed by atoms with E-state index in [2.05, 4.69) is 10.3 Å². The van der Waals surface area contributed by atoms with E-state index in [0.717, 1.165) is 0 Å². The summed E-state index contributed by atoms with van der Waals surface area (Å²) >= 11 is 5.87. The number of hydrogen-bond acceptors (Lipinski definition) is 3. The van der Waals surface area contributed by atoms with Gasteiger partial charge in [-0.1, -0.05) is 11.6 Å². The van der Waals surface area contributed by atoms with Gasteiger partial charge in [0, 0.05) is 54.6 Å². The second-order valence-corrected chi connectivity index (χ2v) is 7.18. The Morgan fingerprint density at radius 2 is 1.96 bits per heavy atom. The van der Waals surface area contributed by atoms with Crippen molar-refractivity contribution in [3.8, 4) is 0 Å². The Balaban J connectivity index is 1.47. The number of rotatable bonds is 5. The van der Waals surface area contributed by atoms with Crippen LogP contribution in [0.15, 0.2) is 43.0 Å². The molecule has 1 N–H and O–H groups in total. The summed E-state index contributed by atoms with van der Waals surface area (Å²) in [6.07, 6.45) is 6.71. The number of aromatic nitrogens is 2. The van der Waals surface area contributed by atoms with Crippen molar-refractivity contribution < 1.29 is 9.59 Å². The highest BCUT2D eigenvalue weighted by atomic mass is 35.5. The van der Waals surface area contributed by atoms with E-state index < -0.39 is 0 Å². The third kappa shape index (κ3) is 4.64. The molecule has 0 radical (unpaired) electrons. The van der Waals surface area contributed by atoms with Gasteiger partial charge in [0.1, 0.15) is 0 Å². The van der Waals surface area contributed by atoms with Crippen molar-refractivity contribution >= 4 is 23.4 Å². The largest absolute Gasteiger partial charge is 0.352 e. The topological polar surface area (TPSA) is 67.2 Å². The minimum Gasteiger partial charge on any atom is -0.352 e. The molecule has 138 valence electrons. The van der Waals surface area contributed by atoms with E-state index in [4.69, 9.17) is 11.6 Å². The van der Waals surface area contributed by atoms with Gasteiger partial charge in [-0.15, -0.1) is 0 Å². The summed E-state index contributed by atoms with van der Waals surface area (Å²) in [5, 5.41) is 3.68.